The van der Waals surface area contributed by atoms with Crippen LogP contribution in [0.5, 0.6) is 0 Å². The van der Waals surface area contributed by atoms with Gasteiger partial charge in [-0.1, -0.05) is 19.8 Å². The molecule has 0 amide bonds. The fraction of sp³-hybridized carbons (Fsp3) is 0.667. The van der Waals surface area contributed by atoms with E-state index in [1.807, 2.05) is 19.2 Å². The van der Waals surface area contributed by atoms with Crippen molar-refractivity contribution in [3.8, 4) is 0 Å². The summed E-state index contributed by atoms with van der Waals surface area (Å²) < 4.78 is 2.17. The largest absolute Gasteiger partial charge is 0.356 e. The van der Waals surface area contributed by atoms with Gasteiger partial charge in [0, 0.05) is 39.1 Å². The molecule has 0 atom stereocenters. The maximum atomic E-state index is 4.28. The van der Waals surface area contributed by atoms with Crippen molar-refractivity contribution in [2.24, 2.45) is 10.4 Å². The van der Waals surface area contributed by atoms with Crippen LogP contribution >= 0.6 is 0 Å². The summed E-state index contributed by atoms with van der Waals surface area (Å²) in [6, 6.07) is 4.10. The van der Waals surface area contributed by atoms with E-state index in [9.17, 15) is 0 Å². The van der Waals surface area contributed by atoms with Crippen LogP contribution in [0.15, 0.2) is 29.5 Å². The van der Waals surface area contributed by atoms with E-state index >= 15 is 0 Å². The van der Waals surface area contributed by atoms with Crippen LogP contribution < -0.4 is 10.6 Å². The minimum absolute atomic E-state index is 0.456. The molecule has 1 aliphatic carbocycles. The normalized spacial score (nSPS) is 18.5. The van der Waals surface area contributed by atoms with Gasteiger partial charge in [-0.2, -0.15) is 0 Å². The summed E-state index contributed by atoms with van der Waals surface area (Å²) in [5.74, 6) is 0.917. The molecule has 1 saturated carbocycles. The average Bonchev–Trinajstić information content (AvgIpc) is 3.06. The number of aromatic nitrogens is 1. The second-order valence-corrected chi connectivity index (χ2v) is 5.79. The molecule has 1 aromatic heterocycles. The Morgan fingerprint density at radius 3 is 2.53 bits per heavy atom. The van der Waals surface area contributed by atoms with Gasteiger partial charge < -0.3 is 15.2 Å². The van der Waals surface area contributed by atoms with Crippen molar-refractivity contribution in [1.29, 1.82) is 0 Å². The lowest BCUT2D eigenvalue weighted by atomic mass is 9.89. The number of nitrogens with zero attached hydrogens (tertiary/aromatic N) is 2. The van der Waals surface area contributed by atoms with E-state index in [4.69, 9.17) is 0 Å². The van der Waals surface area contributed by atoms with E-state index < -0.39 is 0 Å². The predicted molar refractivity (Wildman–Crippen MR) is 80.4 cm³/mol. The zero-order valence-electron chi connectivity index (χ0n) is 12.2. The first-order valence-corrected chi connectivity index (χ1v) is 7.27. The highest BCUT2D eigenvalue weighted by molar-refractivity contribution is 5.79. The van der Waals surface area contributed by atoms with Crippen LogP contribution in [0.25, 0.3) is 0 Å². The Morgan fingerprint density at radius 1 is 1.21 bits per heavy atom. The third kappa shape index (κ3) is 4.30. The van der Waals surface area contributed by atoms with Gasteiger partial charge in [-0.05, 0) is 30.4 Å². The number of guanidine groups is 1. The molecule has 0 radical (unpaired) electrons. The van der Waals surface area contributed by atoms with Crippen LogP contribution in [0.3, 0.4) is 0 Å². The Morgan fingerprint density at radius 2 is 1.89 bits per heavy atom. The molecule has 2 N–H and O–H groups in total. The molecule has 0 bridgehead atoms. The minimum Gasteiger partial charge on any atom is -0.356 e. The molecule has 1 aromatic rings. The first-order valence-electron chi connectivity index (χ1n) is 7.27. The van der Waals surface area contributed by atoms with Crippen molar-refractivity contribution in [2.45, 2.75) is 39.2 Å². The van der Waals surface area contributed by atoms with Gasteiger partial charge in [-0.3, -0.25) is 4.99 Å². The Kier molecular flexibility index (Phi) is 4.88. The number of aliphatic imine (C=N–C) groups is 1. The molecular weight excluding hydrogens is 236 g/mol. The molecule has 2 rings (SSSR count). The van der Waals surface area contributed by atoms with Gasteiger partial charge in [0.25, 0.3) is 0 Å². The smallest absolute Gasteiger partial charge is 0.191 e. The number of hydrogen-bond donors (Lipinski definition) is 2. The summed E-state index contributed by atoms with van der Waals surface area (Å²) in [7, 11) is 1.84. The fourth-order valence-electron chi connectivity index (χ4n) is 2.75. The maximum absolute atomic E-state index is 4.28. The maximum Gasteiger partial charge on any atom is 0.191 e. The molecule has 0 unspecified atom stereocenters. The fourth-order valence-corrected chi connectivity index (χ4v) is 2.75. The summed E-state index contributed by atoms with van der Waals surface area (Å²) in [4.78, 5) is 4.28. The third-order valence-corrected chi connectivity index (χ3v) is 4.05. The molecule has 19 heavy (non-hydrogen) atoms. The van der Waals surface area contributed by atoms with Gasteiger partial charge in [0.05, 0.1) is 0 Å². The highest BCUT2D eigenvalue weighted by Crippen LogP contribution is 2.36. The summed E-state index contributed by atoms with van der Waals surface area (Å²) in [6.07, 6.45) is 9.57. The Bertz CT molecular complexity index is 388. The lowest BCUT2D eigenvalue weighted by Gasteiger charge is -2.25. The van der Waals surface area contributed by atoms with E-state index in [1.54, 1.807) is 0 Å². The molecule has 4 heteroatoms. The van der Waals surface area contributed by atoms with Crippen molar-refractivity contribution < 1.29 is 0 Å². The molecule has 1 aliphatic rings. The third-order valence-electron chi connectivity index (χ3n) is 4.05. The molecule has 0 saturated heterocycles. The highest BCUT2D eigenvalue weighted by Gasteiger charge is 2.28. The van der Waals surface area contributed by atoms with E-state index in [1.165, 1.54) is 25.7 Å². The van der Waals surface area contributed by atoms with E-state index in [0.717, 1.165) is 25.6 Å². The SMILES string of the molecule is CN=C(NCCn1cccc1)NCC1(C)CCCC1. The zero-order valence-corrected chi connectivity index (χ0v) is 12.2. The number of hydrogen-bond acceptors (Lipinski definition) is 1. The van der Waals surface area contributed by atoms with Crippen LogP contribution in [0.4, 0.5) is 0 Å². The van der Waals surface area contributed by atoms with Crippen molar-refractivity contribution in [1.82, 2.24) is 15.2 Å². The summed E-state index contributed by atoms with van der Waals surface area (Å²) >= 11 is 0. The molecule has 0 aliphatic heterocycles. The summed E-state index contributed by atoms with van der Waals surface area (Å²) in [5, 5.41) is 6.83. The number of nitrogens with one attached hydrogen (secondary N) is 2. The van der Waals surface area contributed by atoms with Crippen molar-refractivity contribution in [3.63, 3.8) is 0 Å². The molecule has 106 valence electrons. The van der Waals surface area contributed by atoms with Gasteiger partial charge >= 0.3 is 0 Å². The second kappa shape index (κ2) is 6.64. The minimum atomic E-state index is 0.456. The van der Waals surface area contributed by atoms with Crippen molar-refractivity contribution in [3.05, 3.63) is 24.5 Å². The second-order valence-electron chi connectivity index (χ2n) is 5.79. The Labute approximate surface area is 116 Å². The van der Waals surface area contributed by atoms with E-state index in [0.29, 0.717) is 5.41 Å². The number of rotatable bonds is 5. The molecule has 0 aromatic carbocycles. The first-order chi connectivity index (χ1) is 9.22. The van der Waals surface area contributed by atoms with Gasteiger partial charge in [0.15, 0.2) is 5.96 Å². The Balaban J connectivity index is 1.68. The standard InChI is InChI=1S/C15H26N4/c1-15(7-3-4-8-15)13-18-14(16-2)17-9-12-19-10-5-6-11-19/h5-6,10-11H,3-4,7-9,12-13H2,1-2H3,(H2,16,17,18). The van der Waals surface area contributed by atoms with E-state index in [2.05, 4.69) is 39.5 Å². The average molecular weight is 262 g/mol. The summed E-state index contributed by atoms with van der Waals surface area (Å²) in [6.45, 7) is 5.26. The molecule has 1 heterocycles. The first kappa shape index (κ1) is 14.0. The van der Waals surface area contributed by atoms with Gasteiger partial charge in [0.2, 0.25) is 0 Å². The van der Waals surface area contributed by atoms with Crippen LogP contribution in [-0.2, 0) is 6.54 Å². The van der Waals surface area contributed by atoms with Crippen LogP contribution in [0.1, 0.15) is 32.6 Å². The molecule has 1 fully saturated rings. The molecular formula is C15H26N4. The predicted octanol–water partition coefficient (Wildman–Crippen LogP) is 2.23. The van der Waals surface area contributed by atoms with Crippen molar-refractivity contribution >= 4 is 5.96 Å². The topological polar surface area (TPSA) is 41.4 Å². The van der Waals surface area contributed by atoms with Gasteiger partial charge in [-0.25, -0.2) is 0 Å². The van der Waals surface area contributed by atoms with Crippen LogP contribution in [0, 0.1) is 5.41 Å². The zero-order chi connectivity index (χ0) is 13.6. The summed E-state index contributed by atoms with van der Waals surface area (Å²) in [5.41, 5.74) is 0.456. The lowest BCUT2D eigenvalue weighted by Crippen LogP contribution is -2.43. The van der Waals surface area contributed by atoms with Crippen LogP contribution in [0.2, 0.25) is 0 Å². The molecule has 4 nitrogen and oxygen atoms in total. The Hall–Kier alpha value is -1.45. The van der Waals surface area contributed by atoms with E-state index in [-0.39, 0.29) is 0 Å². The van der Waals surface area contributed by atoms with Crippen LogP contribution in [-0.4, -0.2) is 30.7 Å². The van der Waals surface area contributed by atoms with Gasteiger partial charge in [-0.15, -0.1) is 0 Å². The monoisotopic (exact) mass is 262 g/mol. The lowest BCUT2D eigenvalue weighted by molar-refractivity contribution is 0.334. The highest BCUT2D eigenvalue weighted by atomic mass is 15.2. The quantitative estimate of drug-likeness (QED) is 0.631. The molecule has 0 spiro atoms. The van der Waals surface area contributed by atoms with Gasteiger partial charge in [0.1, 0.15) is 0 Å². The van der Waals surface area contributed by atoms with Crippen molar-refractivity contribution in [2.75, 3.05) is 20.1 Å².